The summed E-state index contributed by atoms with van der Waals surface area (Å²) < 4.78 is 94.1. The van der Waals surface area contributed by atoms with Gasteiger partial charge in [0.1, 0.15) is 5.75 Å². The standard InChI is InChI=1S/C9H5F5O4S/c10-7(9(12,13)14)8(11)18-5-1-3-6(4-2-5)19(15,16)17/h1-4H,(H,15,16,17)/b8-7-. The Bertz CT molecular complexity index is 588. The van der Waals surface area contributed by atoms with Crippen LogP contribution in [0.25, 0.3) is 0 Å². The molecule has 1 aromatic carbocycles. The largest absolute Gasteiger partial charge is 0.449 e. The van der Waals surface area contributed by atoms with Crippen molar-refractivity contribution in [2.24, 2.45) is 0 Å². The van der Waals surface area contributed by atoms with Crippen molar-refractivity contribution in [3.63, 3.8) is 0 Å². The second-order valence-electron chi connectivity index (χ2n) is 3.13. The molecule has 0 spiro atoms. The van der Waals surface area contributed by atoms with Gasteiger partial charge in [-0.3, -0.25) is 4.55 Å². The summed E-state index contributed by atoms with van der Waals surface area (Å²) in [4.78, 5) is -0.583. The van der Waals surface area contributed by atoms with E-state index in [4.69, 9.17) is 4.55 Å². The average molecular weight is 304 g/mol. The maximum atomic E-state index is 12.7. The minimum Gasteiger partial charge on any atom is -0.430 e. The molecule has 0 aromatic heterocycles. The molecule has 0 saturated heterocycles. The molecule has 4 nitrogen and oxygen atoms in total. The second kappa shape index (κ2) is 5.13. The first-order valence-electron chi connectivity index (χ1n) is 4.39. The van der Waals surface area contributed by atoms with E-state index in [0.29, 0.717) is 0 Å². The van der Waals surface area contributed by atoms with Gasteiger partial charge in [0.25, 0.3) is 15.9 Å². The molecule has 0 aliphatic rings. The van der Waals surface area contributed by atoms with Crippen molar-refractivity contribution < 1.29 is 39.7 Å². The maximum absolute atomic E-state index is 12.7. The van der Waals surface area contributed by atoms with Crippen molar-refractivity contribution in [1.82, 2.24) is 0 Å². The molecule has 0 saturated carbocycles. The average Bonchev–Trinajstić information content (AvgIpc) is 2.26. The fourth-order valence-corrected chi connectivity index (χ4v) is 1.42. The molecule has 0 heterocycles. The Hall–Kier alpha value is -1.68. The van der Waals surface area contributed by atoms with Gasteiger partial charge in [-0.05, 0) is 24.3 Å². The van der Waals surface area contributed by atoms with Gasteiger partial charge >= 0.3 is 12.2 Å². The molecule has 0 aliphatic heterocycles. The van der Waals surface area contributed by atoms with Crippen molar-refractivity contribution in [2.45, 2.75) is 11.1 Å². The van der Waals surface area contributed by atoms with E-state index in [2.05, 4.69) is 4.74 Å². The van der Waals surface area contributed by atoms with Crippen LogP contribution in [0.15, 0.2) is 41.0 Å². The number of benzene rings is 1. The van der Waals surface area contributed by atoms with E-state index in [9.17, 15) is 30.4 Å². The smallest absolute Gasteiger partial charge is 0.430 e. The number of ether oxygens (including phenoxy) is 1. The molecule has 0 atom stereocenters. The van der Waals surface area contributed by atoms with Gasteiger partial charge in [-0.2, -0.15) is 30.4 Å². The lowest BCUT2D eigenvalue weighted by Crippen LogP contribution is -2.11. The van der Waals surface area contributed by atoms with Crippen LogP contribution in [0.5, 0.6) is 5.75 Å². The number of hydrogen-bond donors (Lipinski definition) is 1. The fourth-order valence-electron chi connectivity index (χ4n) is 0.939. The molecular weight excluding hydrogens is 299 g/mol. The van der Waals surface area contributed by atoms with Gasteiger partial charge < -0.3 is 4.74 Å². The van der Waals surface area contributed by atoms with Crippen molar-refractivity contribution in [2.75, 3.05) is 0 Å². The van der Waals surface area contributed by atoms with Gasteiger partial charge in [0, 0.05) is 0 Å². The number of alkyl halides is 3. The SMILES string of the molecule is O=S(=O)(O)c1ccc(O/C(F)=C(\F)C(F)(F)F)cc1. The lowest BCUT2D eigenvalue weighted by Gasteiger charge is -2.07. The third kappa shape index (κ3) is 4.17. The molecule has 1 rings (SSSR count). The van der Waals surface area contributed by atoms with Crippen LogP contribution in [-0.2, 0) is 10.1 Å². The van der Waals surface area contributed by atoms with E-state index >= 15 is 0 Å². The van der Waals surface area contributed by atoms with Crippen molar-refractivity contribution in [3.05, 3.63) is 36.1 Å². The Morgan fingerprint density at radius 2 is 1.58 bits per heavy atom. The van der Waals surface area contributed by atoms with Gasteiger partial charge in [-0.15, -0.1) is 0 Å². The summed E-state index contributed by atoms with van der Waals surface area (Å²) in [5.41, 5.74) is 0. The van der Waals surface area contributed by atoms with Crippen LogP contribution in [0.4, 0.5) is 22.0 Å². The molecule has 106 valence electrons. The van der Waals surface area contributed by atoms with E-state index in [0.717, 1.165) is 24.3 Å². The van der Waals surface area contributed by atoms with Crippen molar-refractivity contribution >= 4 is 10.1 Å². The van der Waals surface area contributed by atoms with Crippen molar-refractivity contribution in [3.8, 4) is 5.75 Å². The predicted molar refractivity (Wildman–Crippen MR) is 52.2 cm³/mol. The summed E-state index contributed by atoms with van der Waals surface area (Å²) in [7, 11) is -4.50. The number of rotatable bonds is 3. The molecule has 1 aromatic rings. The molecule has 0 amide bonds. The summed E-state index contributed by atoms with van der Waals surface area (Å²) >= 11 is 0. The lowest BCUT2D eigenvalue weighted by atomic mass is 10.3. The number of allylic oxidation sites excluding steroid dienone is 1. The topological polar surface area (TPSA) is 63.6 Å². The second-order valence-corrected chi connectivity index (χ2v) is 4.56. The first kappa shape index (κ1) is 15.4. The first-order valence-corrected chi connectivity index (χ1v) is 5.83. The lowest BCUT2D eigenvalue weighted by molar-refractivity contribution is -0.114. The molecule has 1 N–H and O–H groups in total. The number of halogens is 5. The van der Waals surface area contributed by atoms with E-state index in [1.165, 1.54) is 0 Å². The highest BCUT2D eigenvalue weighted by Gasteiger charge is 2.39. The van der Waals surface area contributed by atoms with E-state index in [1.807, 2.05) is 0 Å². The normalized spacial score (nSPS) is 14.0. The Kier molecular flexibility index (Phi) is 4.15. The molecule has 0 unspecified atom stereocenters. The fraction of sp³-hybridized carbons (Fsp3) is 0.111. The van der Waals surface area contributed by atoms with Gasteiger partial charge in [0.05, 0.1) is 4.90 Å². The first-order chi connectivity index (χ1) is 8.51. The minimum absolute atomic E-state index is 0.579. The highest BCUT2D eigenvalue weighted by atomic mass is 32.2. The summed E-state index contributed by atoms with van der Waals surface area (Å²) in [5, 5.41) is 0. The van der Waals surface area contributed by atoms with Gasteiger partial charge in [-0.1, -0.05) is 0 Å². The van der Waals surface area contributed by atoms with Gasteiger partial charge in [-0.25, -0.2) is 0 Å². The quantitative estimate of drug-likeness (QED) is 0.530. The van der Waals surface area contributed by atoms with Crippen LogP contribution in [0.3, 0.4) is 0 Å². The van der Waals surface area contributed by atoms with E-state index in [1.54, 1.807) is 0 Å². The Morgan fingerprint density at radius 3 is 1.95 bits per heavy atom. The third-order valence-electron chi connectivity index (χ3n) is 1.75. The van der Waals surface area contributed by atoms with Crippen LogP contribution in [-0.4, -0.2) is 19.1 Å². The molecule has 10 heteroatoms. The highest BCUT2D eigenvalue weighted by Crippen LogP contribution is 2.31. The number of hydrogen-bond acceptors (Lipinski definition) is 3. The van der Waals surface area contributed by atoms with Crippen LogP contribution in [0.2, 0.25) is 0 Å². The summed E-state index contributed by atoms with van der Waals surface area (Å²) in [6, 6.07) is 0.457. The van der Waals surface area contributed by atoms with Crippen LogP contribution in [0, 0.1) is 0 Å². The van der Waals surface area contributed by atoms with E-state index in [-0.39, 0.29) is 0 Å². The zero-order valence-electron chi connectivity index (χ0n) is 8.78. The molecule has 0 aliphatic carbocycles. The summed E-state index contributed by atoms with van der Waals surface area (Å²) in [5.74, 6) is -3.63. The molecular formula is C9H5F5O4S. The third-order valence-corrected chi connectivity index (χ3v) is 2.62. The predicted octanol–water partition coefficient (Wildman–Crippen LogP) is 2.98. The zero-order valence-corrected chi connectivity index (χ0v) is 9.60. The molecule has 0 radical (unpaired) electrons. The zero-order chi connectivity index (χ0) is 14.8. The Labute approximate surface area is 103 Å². The van der Waals surface area contributed by atoms with Crippen molar-refractivity contribution in [1.29, 1.82) is 0 Å². The summed E-state index contributed by atoms with van der Waals surface area (Å²) in [6.07, 6.45) is -5.53. The Morgan fingerprint density at radius 1 is 1.11 bits per heavy atom. The molecule has 19 heavy (non-hydrogen) atoms. The van der Waals surface area contributed by atoms with Gasteiger partial charge in [0.2, 0.25) is 0 Å². The molecule has 0 bridgehead atoms. The summed E-state index contributed by atoms with van der Waals surface area (Å²) in [6.45, 7) is 0. The minimum atomic E-state index is -5.53. The van der Waals surface area contributed by atoms with Crippen LogP contribution < -0.4 is 4.74 Å². The van der Waals surface area contributed by atoms with Gasteiger partial charge in [0.15, 0.2) is 0 Å². The van der Waals surface area contributed by atoms with E-state index < -0.39 is 38.8 Å². The highest BCUT2D eigenvalue weighted by molar-refractivity contribution is 7.85. The monoisotopic (exact) mass is 304 g/mol. The van der Waals surface area contributed by atoms with Crippen LogP contribution >= 0.6 is 0 Å². The maximum Gasteiger partial charge on any atom is 0.449 e. The Balaban J connectivity index is 2.97. The van der Waals surface area contributed by atoms with Crippen LogP contribution in [0.1, 0.15) is 0 Å². The molecule has 0 fully saturated rings.